The summed E-state index contributed by atoms with van der Waals surface area (Å²) in [5.41, 5.74) is 23.5. The van der Waals surface area contributed by atoms with Gasteiger partial charge in [-0.3, -0.25) is 9.59 Å². The number of primary amides is 2. The van der Waals surface area contributed by atoms with Crippen LogP contribution in [-0.2, 0) is 9.59 Å². The van der Waals surface area contributed by atoms with E-state index in [0.717, 1.165) is 94.5 Å². The Kier molecular flexibility index (Phi) is 14.4. The monoisotopic (exact) mass is 938 g/mol. The highest BCUT2D eigenvalue weighted by atomic mass is 35.5. The summed E-state index contributed by atoms with van der Waals surface area (Å²) in [7, 11) is 4.32. The van der Waals surface area contributed by atoms with Crippen LogP contribution in [0.1, 0.15) is 24.0 Å². The van der Waals surface area contributed by atoms with Gasteiger partial charge in [0.1, 0.15) is 0 Å². The van der Waals surface area contributed by atoms with Crippen molar-refractivity contribution < 1.29 is 18.4 Å². The molecular formula is C48H61ClF2N14O2. The Hall–Kier alpha value is -6.11. The Balaban J connectivity index is 0.000000151. The number of aryl methyl sites for hydroxylation is 2. The Morgan fingerprint density at radius 2 is 1.12 bits per heavy atom. The number of carbonyl (C=O) groups excluding carboxylic acids is 2. The summed E-state index contributed by atoms with van der Waals surface area (Å²) in [6.07, 6.45) is 12.0. The Labute approximate surface area is 395 Å². The molecule has 16 nitrogen and oxygen atoms in total. The molecule has 9 N–H and O–H groups in total. The van der Waals surface area contributed by atoms with E-state index in [4.69, 9.17) is 28.8 Å². The van der Waals surface area contributed by atoms with Gasteiger partial charge in [0.15, 0.2) is 23.3 Å². The van der Waals surface area contributed by atoms with Crippen molar-refractivity contribution >= 4 is 63.7 Å². The molecule has 10 rings (SSSR count). The van der Waals surface area contributed by atoms with E-state index in [-0.39, 0.29) is 76.3 Å². The van der Waals surface area contributed by atoms with Crippen LogP contribution < -0.4 is 43.0 Å². The third-order valence-corrected chi connectivity index (χ3v) is 14.2. The van der Waals surface area contributed by atoms with Crippen molar-refractivity contribution in [3.05, 3.63) is 101 Å². The number of rotatable bonds is 10. The average molecular weight is 940 g/mol. The number of nitrogens with two attached hydrogens (primary N) is 3. The smallest absolute Gasteiger partial charge is 0.229 e. The van der Waals surface area contributed by atoms with Gasteiger partial charge in [0.25, 0.3) is 0 Å². The maximum absolute atomic E-state index is 14.5. The number of hydrogen-bond acceptors (Lipinski definition) is 14. The van der Waals surface area contributed by atoms with E-state index in [2.05, 4.69) is 108 Å². The maximum atomic E-state index is 14.5. The van der Waals surface area contributed by atoms with Crippen molar-refractivity contribution in [1.82, 2.24) is 29.7 Å². The molecule has 0 unspecified atom stereocenters. The van der Waals surface area contributed by atoms with Crippen LogP contribution in [0.4, 0.5) is 49.1 Å². The number of nitrogens with zero attached hydrogens (tertiary/aromatic N) is 8. The lowest BCUT2D eigenvalue weighted by atomic mass is 9.88. The number of hydrogen-bond donors (Lipinski definition) is 6. The second-order valence-electron chi connectivity index (χ2n) is 18.6. The molecule has 2 aromatic carbocycles. The van der Waals surface area contributed by atoms with Crippen LogP contribution in [0.2, 0.25) is 5.28 Å². The van der Waals surface area contributed by atoms with Gasteiger partial charge < -0.3 is 52.8 Å². The fraction of sp³-hybridized carbons (Fsp3) is 0.458. The van der Waals surface area contributed by atoms with Crippen molar-refractivity contribution in [3.63, 3.8) is 0 Å². The summed E-state index contributed by atoms with van der Waals surface area (Å²) in [5, 5.41) is 9.22. The highest BCUT2D eigenvalue weighted by molar-refractivity contribution is 6.28. The van der Waals surface area contributed by atoms with Crippen LogP contribution in [0.3, 0.4) is 0 Å². The Bertz CT molecular complexity index is 2500. The fourth-order valence-corrected chi connectivity index (χ4v) is 10.6. The Morgan fingerprint density at radius 3 is 1.61 bits per heavy atom. The van der Waals surface area contributed by atoms with E-state index in [1.807, 2.05) is 36.4 Å². The molecule has 4 heterocycles. The first-order chi connectivity index (χ1) is 32.1. The van der Waals surface area contributed by atoms with Gasteiger partial charge in [0, 0.05) is 87.2 Å². The van der Waals surface area contributed by atoms with E-state index in [1.54, 1.807) is 0 Å². The van der Waals surface area contributed by atoms with Crippen LogP contribution >= 0.6 is 11.6 Å². The number of amides is 2. The third-order valence-electron chi connectivity index (χ3n) is 14.0. The standard InChI is InChI=1S/C24H30FN7O.C12H12ClFN4O.C12H19N3/c1-14-11-17(5-6-19(14)32-9-7-31(2)8-10-32)28-24-27-13-18(25)23(30-24)29-21-16-4-3-15(12-16)20(21)22(26)33;13-12-16-4-7(14)11(18-12)17-9-6-2-1-5(3-6)8(9)10(15)19;1-10-9-11(13)3-4-12(10)15-7-5-14(2)6-8-15/h3-6,11,13,15-16,20-21H,7-10,12H2,1-2H3,(H2,26,33)(H2,27,28,29,30);1-2,4-6,8-9H,3H2,(H2,15,19)(H,16,17,18);3-4,9H,5-8,13H2,1-2H3/t15-,16+,20+,21-;5-,6+,8+,9-;/m11./s1. The van der Waals surface area contributed by atoms with Crippen LogP contribution in [0.25, 0.3) is 0 Å². The number of likely N-dealkylation sites (N-methyl/N-ethyl adjacent to an activating group) is 2. The highest BCUT2D eigenvalue weighted by Crippen LogP contribution is 2.46. The number of nitrogen functional groups attached to an aromatic ring is 1. The van der Waals surface area contributed by atoms with Gasteiger partial charge in [-0.1, -0.05) is 24.3 Å². The molecule has 6 aliphatic rings. The molecule has 4 aromatic rings. The molecule has 4 aliphatic carbocycles. The molecule has 0 radical (unpaired) electrons. The average Bonchev–Trinajstić information content (AvgIpc) is 4.11. The fourth-order valence-electron chi connectivity index (χ4n) is 10.5. The Morgan fingerprint density at radius 1 is 0.657 bits per heavy atom. The molecule has 2 saturated carbocycles. The first-order valence-electron chi connectivity index (χ1n) is 22.9. The molecule has 4 bridgehead atoms. The second-order valence-corrected chi connectivity index (χ2v) is 18.9. The van der Waals surface area contributed by atoms with Crippen molar-refractivity contribution in [2.75, 3.05) is 97.9 Å². The molecule has 4 fully saturated rings. The lowest BCUT2D eigenvalue weighted by molar-refractivity contribution is -0.123. The number of piperazine rings is 2. The minimum Gasteiger partial charge on any atom is -0.399 e. The van der Waals surface area contributed by atoms with Gasteiger partial charge in [-0.15, -0.1) is 0 Å². The van der Waals surface area contributed by atoms with Gasteiger partial charge in [-0.2, -0.15) is 9.97 Å². The summed E-state index contributed by atoms with van der Waals surface area (Å²) >= 11 is 5.65. The summed E-state index contributed by atoms with van der Waals surface area (Å²) < 4.78 is 28.1. The van der Waals surface area contributed by atoms with E-state index < -0.39 is 11.6 Å². The number of halogens is 3. The normalized spacial score (nSPS) is 26.1. The third kappa shape index (κ3) is 10.9. The highest BCUT2D eigenvalue weighted by Gasteiger charge is 2.49. The lowest BCUT2D eigenvalue weighted by Crippen LogP contribution is -2.44. The predicted molar refractivity (Wildman–Crippen MR) is 260 cm³/mol. The number of carbonyl (C=O) groups is 2. The maximum Gasteiger partial charge on any atom is 0.229 e. The van der Waals surface area contributed by atoms with Crippen LogP contribution in [0.5, 0.6) is 0 Å². The number of allylic oxidation sites excluding steroid dienone is 2. The van der Waals surface area contributed by atoms with Crippen LogP contribution in [-0.4, -0.2) is 120 Å². The van der Waals surface area contributed by atoms with Gasteiger partial charge in [0.05, 0.1) is 24.2 Å². The minimum absolute atomic E-state index is 0.0113. The lowest BCUT2D eigenvalue weighted by Gasteiger charge is -2.35. The number of fused-ring (bicyclic) bond motifs is 4. The molecule has 356 valence electrons. The molecule has 2 amide bonds. The zero-order valence-electron chi connectivity index (χ0n) is 38.4. The molecule has 2 saturated heterocycles. The van der Waals surface area contributed by atoms with Crippen LogP contribution in [0, 0.1) is 61.0 Å². The van der Waals surface area contributed by atoms with Gasteiger partial charge in [0.2, 0.25) is 23.0 Å². The van der Waals surface area contributed by atoms with E-state index in [1.165, 1.54) is 16.9 Å². The molecule has 2 aliphatic heterocycles. The quantitative estimate of drug-likeness (QED) is 0.0687. The summed E-state index contributed by atoms with van der Waals surface area (Å²) in [6, 6.07) is 11.8. The zero-order valence-corrected chi connectivity index (χ0v) is 39.1. The van der Waals surface area contributed by atoms with Crippen molar-refractivity contribution in [1.29, 1.82) is 0 Å². The largest absolute Gasteiger partial charge is 0.399 e. The molecule has 2 aromatic heterocycles. The van der Waals surface area contributed by atoms with E-state index in [9.17, 15) is 18.4 Å². The first kappa shape index (κ1) is 47.4. The van der Waals surface area contributed by atoms with Crippen molar-refractivity contribution in [3.8, 4) is 0 Å². The number of nitrogens with one attached hydrogen (secondary N) is 3. The number of benzene rings is 2. The zero-order chi connectivity index (χ0) is 47.5. The van der Waals surface area contributed by atoms with E-state index in [0.29, 0.717) is 5.95 Å². The minimum atomic E-state index is -0.598. The van der Waals surface area contributed by atoms with Crippen molar-refractivity contribution in [2.45, 2.75) is 38.8 Å². The number of anilines is 7. The topological polar surface area (TPSA) is 213 Å². The van der Waals surface area contributed by atoms with Crippen molar-refractivity contribution in [2.24, 2.45) is 47.0 Å². The van der Waals surface area contributed by atoms with Gasteiger partial charge in [-0.05, 0) is 124 Å². The molecule has 8 atom stereocenters. The number of aromatic nitrogens is 4. The second kappa shape index (κ2) is 20.4. The summed E-state index contributed by atoms with van der Waals surface area (Å²) in [5.74, 6) is -1.70. The summed E-state index contributed by atoms with van der Waals surface area (Å²) in [6.45, 7) is 12.8. The van der Waals surface area contributed by atoms with E-state index >= 15 is 0 Å². The van der Waals surface area contributed by atoms with Crippen LogP contribution in [0.15, 0.2) is 73.1 Å². The summed E-state index contributed by atoms with van der Waals surface area (Å²) in [4.78, 5) is 48.9. The molecule has 19 heteroatoms. The molecule has 0 spiro atoms. The van der Waals surface area contributed by atoms with Gasteiger partial charge in [-0.25, -0.2) is 18.7 Å². The molecule has 67 heavy (non-hydrogen) atoms. The van der Waals surface area contributed by atoms with Gasteiger partial charge >= 0.3 is 0 Å². The first-order valence-corrected chi connectivity index (χ1v) is 23.3. The predicted octanol–water partition coefficient (Wildman–Crippen LogP) is 5.19. The molecular weight excluding hydrogens is 878 g/mol. The SMILES string of the molecule is Cc1cc(N)ccc1N1CCN(C)CC1.Cc1cc(Nc2ncc(F)c(N[C@H]3[C@@H](C(N)=O)[C@@H]4C=C[C@H]3C4)n2)ccc1N1CCN(C)CC1.NC(=O)[C@@H]1[C@H](Nc2nc(Cl)ncc2F)[C@H]2C=C[C@@H]1C2.